The SMILES string of the molecule is COCCC(C(C)C)C1CCNC1. The zero-order valence-electron chi connectivity index (χ0n) is 9.18. The quantitative estimate of drug-likeness (QED) is 0.706. The second kappa shape index (κ2) is 5.61. The summed E-state index contributed by atoms with van der Waals surface area (Å²) in [4.78, 5) is 0. The minimum atomic E-state index is 0.792. The van der Waals surface area contributed by atoms with Gasteiger partial charge < -0.3 is 10.1 Å². The minimum absolute atomic E-state index is 0.792. The van der Waals surface area contributed by atoms with Crippen molar-refractivity contribution in [2.45, 2.75) is 26.7 Å². The van der Waals surface area contributed by atoms with Gasteiger partial charge in [0.25, 0.3) is 0 Å². The standard InChI is InChI=1S/C11H23NO/c1-9(2)11(5-7-13-3)10-4-6-12-8-10/h9-12H,4-8H2,1-3H3. The summed E-state index contributed by atoms with van der Waals surface area (Å²) in [5.74, 6) is 2.52. The highest BCUT2D eigenvalue weighted by atomic mass is 16.5. The van der Waals surface area contributed by atoms with Gasteiger partial charge in [-0.1, -0.05) is 13.8 Å². The van der Waals surface area contributed by atoms with E-state index in [0.717, 1.165) is 24.4 Å². The summed E-state index contributed by atoms with van der Waals surface area (Å²) in [7, 11) is 1.80. The molecule has 0 aromatic heterocycles. The highest BCUT2D eigenvalue weighted by Crippen LogP contribution is 2.28. The molecule has 2 atom stereocenters. The lowest BCUT2D eigenvalue weighted by atomic mass is 9.81. The molecule has 78 valence electrons. The van der Waals surface area contributed by atoms with Crippen molar-refractivity contribution in [3.63, 3.8) is 0 Å². The van der Waals surface area contributed by atoms with E-state index in [1.807, 2.05) is 0 Å². The fourth-order valence-electron chi connectivity index (χ4n) is 2.41. The molecule has 0 bridgehead atoms. The van der Waals surface area contributed by atoms with E-state index >= 15 is 0 Å². The van der Waals surface area contributed by atoms with Crippen molar-refractivity contribution in [1.82, 2.24) is 5.32 Å². The van der Waals surface area contributed by atoms with Crippen molar-refractivity contribution < 1.29 is 4.74 Å². The van der Waals surface area contributed by atoms with Crippen molar-refractivity contribution in [2.24, 2.45) is 17.8 Å². The molecule has 1 heterocycles. The van der Waals surface area contributed by atoms with Crippen LogP contribution in [0, 0.1) is 17.8 Å². The van der Waals surface area contributed by atoms with Crippen LogP contribution in [0.4, 0.5) is 0 Å². The van der Waals surface area contributed by atoms with Crippen LogP contribution in [-0.2, 0) is 4.74 Å². The Bertz CT molecular complexity index is 130. The molecule has 0 amide bonds. The predicted octanol–water partition coefficient (Wildman–Crippen LogP) is 1.90. The first kappa shape index (κ1) is 11.0. The number of ether oxygens (including phenoxy) is 1. The van der Waals surface area contributed by atoms with Gasteiger partial charge in [0.2, 0.25) is 0 Å². The fraction of sp³-hybridized carbons (Fsp3) is 1.00. The Kier molecular flexibility index (Phi) is 4.74. The summed E-state index contributed by atoms with van der Waals surface area (Å²) in [5, 5.41) is 3.44. The van der Waals surface area contributed by atoms with Gasteiger partial charge in [0.15, 0.2) is 0 Å². The Morgan fingerprint density at radius 3 is 2.69 bits per heavy atom. The van der Waals surface area contributed by atoms with Crippen LogP contribution >= 0.6 is 0 Å². The van der Waals surface area contributed by atoms with E-state index in [0.29, 0.717) is 0 Å². The first-order valence-electron chi connectivity index (χ1n) is 5.45. The first-order chi connectivity index (χ1) is 6.25. The second-order valence-electron chi connectivity index (χ2n) is 4.44. The highest BCUT2D eigenvalue weighted by Gasteiger charge is 2.26. The number of hydrogen-bond acceptors (Lipinski definition) is 2. The van der Waals surface area contributed by atoms with Gasteiger partial charge in [-0.3, -0.25) is 0 Å². The van der Waals surface area contributed by atoms with Gasteiger partial charge in [-0.25, -0.2) is 0 Å². The zero-order valence-corrected chi connectivity index (χ0v) is 9.18. The summed E-state index contributed by atoms with van der Waals surface area (Å²) >= 11 is 0. The van der Waals surface area contributed by atoms with E-state index in [9.17, 15) is 0 Å². The highest BCUT2D eigenvalue weighted by molar-refractivity contribution is 4.79. The molecule has 1 aliphatic heterocycles. The van der Waals surface area contributed by atoms with E-state index in [1.54, 1.807) is 7.11 Å². The Morgan fingerprint density at radius 2 is 2.23 bits per heavy atom. The first-order valence-corrected chi connectivity index (χ1v) is 5.45. The van der Waals surface area contributed by atoms with E-state index < -0.39 is 0 Å². The minimum Gasteiger partial charge on any atom is -0.385 e. The molecule has 0 aromatic carbocycles. The van der Waals surface area contributed by atoms with Gasteiger partial charge in [0, 0.05) is 13.7 Å². The van der Waals surface area contributed by atoms with Gasteiger partial charge in [0.1, 0.15) is 0 Å². The lowest BCUT2D eigenvalue weighted by Gasteiger charge is -2.26. The molecule has 0 aromatic rings. The lowest BCUT2D eigenvalue weighted by molar-refractivity contribution is 0.143. The van der Waals surface area contributed by atoms with Gasteiger partial charge in [-0.2, -0.15) is 0 Å². The molecular weight excluding hydrogens is 162 g/mol. The van der Waals surface area contributed by atoms with Crippen LogP contribution in [0.25, 0.3) is 0 Å². The Labute approximate surface area is 82.0 Å². The average molecular weight is 185 g/mol. The van der Waals surface area contributed by atoms with Crippen LogP contribution < -0.4 is 5.32 Å². The lowest BCUT2D eigenvalue weighted by Crippen LogP contribution is -2.23. The summed E-state index contributed by atoms with van der Waals surface area (Å²) in [6.45, 7) is 8.00. The molecule has 1 fully saturated rings. The monoisotopic (exact) mass is 185 g/mol. The summed E-state index contributed by atoms with van der Waals surface area (Å²) in [6, 6.07) is 0. The molecule has 0 radical (unpaired) electrons. The summed E-state index contributed by atoms with van der Waals surface area (Å²) in [6.07, 6.45) is 2.58. The molecule has 1 N–H and O–H groups in total. The number of hydrogen-bond donors (Lipinski definition) is 1. The van der Waals surface area contributed by atoms with Crippen LogP contribution in [0.1, 0.15) is 26.7 Å². The third kappa shape index (κ3) is 3.28. The molecule has 2 nitrogen and oxygen atoms in total. The van der Waals surface area contributed by atoms with Crippen molar-refractivity contribution in [3.05, 3.63) is 0 Å². The molecule has 0 spiro atoms. The van der Waals surface area contributed by atoms with Crippen LogP contribution in [0.3, 0.4) is 0 Å². The maximum Gasteiger partial charge on any atom is 0.0465 e. The molecule has 0 saturated carbocycles. The molecule has 2 heteroatoms. The molecule has 1 aliphatic rings. The second-order valence-corrected chi connectivity index (χ2v) is 4.44. The predicted molar refractivity (Wildman–Crippen MR) is 55.8 cm³/mol. The normalized spacial score (nSPS) is 25.4. The average Bonchev–Trinajstić information content (AvgIpc) is 2.57. The molecule has 0 aliphatic carbocycles. The number of nitrogens with one attached hydrogen (secondary N) is 1. The smallest absolute Gasteiger partial charge is 0.0465 e. The van der Waals surface area contributed by atoms with Crippen molar-refractivity contribution >= 4 is 0 Å². The van der Waals surface area contributed by atoms with E-state index in [2.05, 4.69) is 19.2 Å². The zero-order chi connectivity index (χ0) is 9.68. The molecule has 1 rings (SSSR count). The molecule has 1 saturated heterocycles. The third-order valence-corrected chi connectivity index (χ3v) is 3.22. The summed E-state index contributed by atoms with van der Waals surface area (Å²) < 4.78 is 5.16. The maximum absolute atomic E-state index is 5.16. The van der Waals surface area contributed by atoms with Gasteiger partial charge in [-0.15, -0.1) is 0 Å². The molecule has 2 unspecified atom stereocenters. The van der Waals surface area contributed by atoms with Gasteiger partial charge in [-0.05, 0) is 43.7 Å². The van der Waals surface area contributed by atoms with Crippen LogP contribution in [0.5, 0.6) is 0 Å². The third-order valence-electron chi connectivity index (χ3n) is 3.22. The summed E-state index contributed by atoms with van der Waals surface area (Å²) in [5.41, 5.74) is 0. The molecule has 13 heavy (non-hydrogen) atoms. The Morgan fingerprint density at radius 1 is 1.46 bits per heavy atom. The topological polar surface area (TPSA) is 21.3 Å². The molecular formula is C11H23NO. The largest absolute Gasteiger partial charge is 0.385 e. The maximum atomic E-state index is 5.16. The number of methoxy groups -OCH3 is 1. The van der Waals surface area contributed by atoms with Crippen molar-refractivity contribution in [2.75, 3.05) is 26.8 Å². The van der Waals surface area contributed by atoms with Crippen molar-refractivity contribution in [3.8, 4) is 0 Å². The van der Waals surface area contributed by atoms with Gasteiger partial charge >= 0.3 is 0 Å². The van der Waals surface area contributed by atoms with Crippen LogP contribution in [-0.4, -0.2) is 26.8 Å². The Balaban J connectivity index is 2.36. The fourth-order valence-corrected chi connectivity index (χ4v) is 2.41. The van der Waals surface area contributed by atoms with E-state index in [4.69, 9.17) is 4.74 Å². The van der Waals surface area contributed by atoms with E-state index in [-0.39, 0.29) is 0 Å². The van der Waals surface area contributed by atoms with Crippen LogP contribution in [0.15, 0.2) is 0 Å². The van der Waals surface area contributed by atoms with E-state index in [1.165, 1.54) is 25.9 Å². The van der Waals surface area contributed by atoms with Gasteiger partial charge in [0.05, 0.1) is 0 Å². The Hall–Kier alpha value is -0.0800. The number of rotatable bonds is 5. The van der Waals surface area contributed by atoms with Crippen LogP contribution in [0.2, 0.25) is 0 Å². The van der Waals surface area contributed by atoms with Crippen molar-refractivity contribution in [1.29, 1.82) is 0 Å².